The van der Waals surface area contributed by atoms with Gasteiger partial charge in [-0.2, -0.15) is 0 Å². The molecule has 1 aromatic carbocycles. The molecular formula is C16H27N3OS. The average molecular weight is 309 g/mol. The van der Waals surface area contributed by atoms with E-state index < -0.39 is 0 Å². The molecule has 0 fully saturated rings. The summed E-state index contributed by atoms with van der Waals surface area (Å²) in [6.07, 6.45) is 2.18. The van der Waals surface area contributed by atoms with Crippen LogP contribution in [0.15, 0.2) is 40.2 Å². The Hall–Kier alpha value is -1.20. The van der Waals surface area contributed by atoms with Crippen molar-refractivity contribution in [2.45, 2.75) is 24.7 Å². The largest absolute Gasteiger partial charge is 0.382 e. The van der Waals surface area contributed by atoms with Gasteiger partial charge in [-0.3, -0.25) is 4.99 Å². The lowest BCUT2D eigenvalue weighted by Gasteiger charge is -2.11. The topological polar surface area (TPSA) is 45.6 Å². The molecule has 0 heterocycles. The first-order chi connectivity index (χ1) is 10.4. The van der Waals surface area contributed by atoms with Crippen molar-refractivity contribution in [2.24, 2.45) is 4.99 Å². The monoisotopic (exact) mass is 309 g/mol. The molecule has 1 aromatic rings. The molecule has 0 aliphatic carbocycles. The molecule has 0 spiro atoms. The summed E-state index contributed by atoms with van der Waals surface area (Å²) < 4.78 is 5.31. The molecule has 21 heavy (non-hydrogen) atoms. The Labute approximate surface area is 132 Å². The fraction of sp³-hybridized carbons (Fsp3) is 0.562. The summed E-state index contributed by atoms with van der Waals surface area (Å²) in [5.41, 5.74) is 0. The van der Waals surface area contributed by atoms with Gasteiger partial charge in [-0.25, -0.2) is 0 Å². The van der Waals surface area contributed by atoms with Gasteiger partial charge >= 0.3 is 0 Å². The predicted molar refractivity (Wildman–Crippen MR) is 92.3 cm³/mol. The van der Waals surface area contributed by atoms with Crippen LogP contribution in [0.2, 0.25) is 0 Å². The number of benzene rings is 1. The second kappa shape index (κ2) is 12.5. The smallest absolute Gasteiger partial charge is 0.191 e. The SMILES string of the molecule is CCOCCCCNC(=NC)NCCSc1ccccc1. The van der Waals surface area contributed by atoms with Gasteiger partial charge < -0.3 is 15.4 Å². The van der Waals surface area contributed by atoms with E-state index in [0.29, 0.717) is 0 Å². The predicted octanol–water partition coefficient (Wildman–Crippen LogP) is 2.76. The summed E-state index contributed by atoms with van der Waals surface area (Å²) in [4.78, 5) is 5.52. The molecule has 4 nitrogen and oxygen atoms in total. The van der Waals surface area contributed by atoms with Crippen LogP contribution in [0.25, 0.3) is 0 Å². The van der Waals surface area contributed by atoms with Gasteiger partial charge in [0.05, 0.1) is 0 Å². The van der Waals surface area contributed by atoms with Crippen molar-refractivity contribution in [1.82, 2.24) is 10.6 Å². The van der Waals surface area contributed by atoms with E-state index in [2.05, 4.69) is 39.9 Å². The van der Waals surface area contributed by atoms with Crippen LogP contribution in [0.4, 0.5) is 0 Å². The maximum absolute atomic E-state index is 5.31. The summed E-state index contributed by atoms with van der Waals surface area (Å²) in [5, 5.41) is 6.65. The van der Waals surface area contributed by atoms with Crippen molar-refractivity contribution in [1.29, 1.82) is 0 Å². The molecule has 0 radical (unpaired) electrons. The van der Waals surface area contributed by atoms with E-state index in [1.807, 2.05) is 24.8 Å². The van der Waals surface area contributed by atoms with Crippen LogP contribution in [-0.4, -0.2) is 45.1 Å². The Kier molecular flexibility index (Phi) is 10.7. The normalized spacial score (nSPS) is 11.4. The standard InChI is InChI=1S/C16H27N3OS/c1-3-20-13-8-7-11-18-16(17-2)19-12-14-21-15-9-5-4-6-10-15/h4-6,9-10H,3,7-8,11-14H2,1-2H3,(H2,17,18,19). The van der Waals surface area contributed by atoms with E-state index in [0.717, 1.165) is 50.9 Å². The van der Waals surface area contributed by atoms with E-state index in [-0.39, 0.29) is 0 Å². The van der Waals surface area contributed by atoms with Gasteiger partial charge in [0.25, 0.3) is 0 Å². The molecule has 0 bridgehead atoms. The lowest BCUT2D eigenvalue weighted by Crippen LogP contribution is -2.38. The second-order valence-electron chi connectivity index (χ2n) is 4.49. The van der Waals surface area contributed by atoms with E-state index in [1.165, 1.54) is 4.90 Å². The number of thioether (sulfide) groups is 1. The summed E-state index contributed by atoms with van der Waals surface area (Å²) in [6, 6.07) is 10.4. The molecule has 0 saturated carbocycles. The highest BCUT2D eigenvalue weighted by atomic mass is 32.2. The lowest BCUT2D eigenvalue weighted by molar-refractivity contribution is 0.143. The van der Waals surface area contributed by atoms with Gasteiger partial charge in [-0.05, 0) is 31.9 Å². The van der Waals surface area contributed by atoms with Gasteiger partial charge in [-0.15, -0.1) is 11.8 Å². The number of guanidine groups is 1. The van der Waals surface area contributed by atoms with Crippen molar-refractivity contribution >= 4 is 17.7 Å². The van der Waals surface area contributed by atoms with E-state index in [4.69, 9.17) is 4.74 Å². The average Bonchev–Trinajstić information content (AvgIpc) is 2.53. The zero-order valence-corrected chi connectivity index (χ0v) is 13.9. The van der Waals surface area contributed by atoms with Crippen molar-refractivity contribution in [2.75, 3.05) is 39.1 Å². The molecule has 0 saturated heterocycles. The van der Waals surface area contributed by atoms with Crippen LogP contribution in [0.1, 0.15) is 19.8 Å². The third-order valence-electron chi connectivity index (χ3n) is 2.84. The number of nitrogens with one attached hydrogen (secondary N) is 2. The molecule has 1 rings (SSSR count). The number of hydrogen-bond donors (Lipinski definition) is 2. The highest BCUT2D eigenvalue weighted by Crippen LogP contribution is 2.15. The summed E-state index contributed by atoms with van der Waals surface area (Å²) in [6.45, 7) is 5.50. The van der Waals surface area contributed by atoms with Gasteiger partial charge in [0, 0.05) is 44.0 Å². The number of rotatable bonds is 10. The third kappa shape index (κ3) is 9.37. The summed E-state index contributed by atoms with van der Waals surface area (Å²) >= 11 is 1.85. The molecule has 2 N–H and O–H groups in total. The maximum atomic E-state index is 5.31. The van der Waals surface area contributed by atoms with Crippen LogP contribution in [0.5, 0.6) is 0 Å². The fourth-order valence-corrected chi connectivity index (χ4v) is 2.55. The highest BCUT2D eigenvalue weighted by molar-refractivity contribution is 7.99. The van der Waals surface area contributed by atoms with Gasteiger partial charge in [0.1, 0.15) is 0 Å². The third-order valence-corrected chi connectivity index (χ3v) is 3.86. The van der Waals surface area contributed by atoms with Gasteiger partial charge in [0.15, 0.2) is 5.96 Å². The van der Waals surface area contributed by atoms with Crippen molar-refractivity contribution in [3.8, 4) is 0 Å². The molecule has 5 heteroatoms. The number of hydrogen-bond acceptors (Lipinski definition) is 3. The van der Waals surface area contributed by atoms with Crippen LogP contribution in [0.3, 0.4) is 0 Å². The Morgan fingerprint density at radius 3 is 2.62 bits per heavy atom. The first kappa shape index (κ1) is 17.9. The molecule has 0 aromatic heterocycles. The minimum absolute atomic E-state index is 0.801. The molecule has 118 valence electrons. The quantitative estimate of drug-likeness (QED) is 0.302. The minimum Gasteiger partial charge on any atom is -0.382 e. The Balaban J connectivity index is 2.03. The van der Waals surface area contributed by atoms with Crippen molar-refractivity contribution in [3.05, 3.63) is 30.3 Å². The number of unbranched alkanes of at least 4 members (excludes halogenated alkanes) is 1. The number of aliphatic imine (C=N–C) groups is 1. The van der Waals surface area contributed by atoms with Crippen LogP contribution < -0.4 is 10.6 Å². The van der Waals surface area contributed by atoms with Crippen LogP contribution in [0, 0.1) is 0 Å². The van der Waals surface area contributed by atoms with E-state index >= 15 is 0 Å². The number of nitrogens with zero attached hydrogens (tertiary/aromatic N) is 1. The van der Waals surface area contributed by atoms with Gasteiger partial charge in [0.2, 0.25) is 0 Å². The molecule has 0 unspecified atom stereocenters. The molecule has 0 aliphatic rings. The van der Waals surface area contributed by atoms with E-state index in [1.54, 1.807) is 7.05 Å². The summed E-state index contributed by atoms with van der Waals surface area (Å²) in [7, 11) is 1.81. The number of ether oxygens (including phenoxy) is 1. The maximum Gasteiger partial charge on any atom is 0.191 e. The van der Waals surface area contributed by atoms with Gasteiger partial charge in [-0.1, -0.05) is 18.2 Å². The Morgan fingerprint density at radius 1 is 1.14 bits per heavy atom. The highest BCUT2D eigenvalue weighted by Gasteiger charge is 1.97. The van der Waals surface area contributed by atoms with E-state index in [9.17, 15) is 0 Å². The molecule has 0 amide bonds. The molecular weight excluding hydrogens is 282 g/mol. The molecule has 0 atom stereocenters. The Morgan fingerprint density at radius 2 is 1.90 bits per heavy atom. The summed E-state index contributed by atoms with van der Waals surface area (Å²) in [5.74, 6) is 1.90. The zero-order chi connectivity index (χ0) is 15.2. The zero-order valence-electron chi connectivity index (χ0n) is 13.1. The van der Waals surface area contributed by atoms with Crippen molar-refractivity contribution < 1.29 is 4.74 Å². The fourth-order valence-electron chi connectivity index (χ4n) is 1.76. The molecule has 0 aliphatic heterocycles. The van der Waals surface area contributed by atoms with Crippen LogP contribution >= 0.6 is 11.8 Å². The Bertz CT molecular complexity index is 384. The second-order valence-corrected chi connectivity index (χ2v) is 5.66. The minimum atomic E-state index is 0.801. The first-order valence-corrected chi connectivity index (χ1v) is 8.55. The van der Waals surface area contributed by atoms with Crippen LogP contribution in [-0.2, 0) is 4.74 Å². The van der Waals surface area contributed by atoms with Crippen molar-refractivity contribution in [3.63, 3.8) is 0 Å². The first-order valence-electron chi connectivity index (χ1n) is 7.57. The lowest BCUT2D eigenvalue weighted by atomic mass is 10.3.